The Bertz CT molecular complexity index is 601. The molecule has 0 unspecified atom stereocenters. The van der Waals surface area contributed by atoms with E-state index in [9.17, 15) is 14.7 Å². The molecule has 0 aromatic carbocycles. The van der Waals surface area contributed by atoms with Gasteiger partial charge in [-0.1, -0.05) is 0 Å². The van der Waals surface area contributed by atoms with Crippen LogP contribution in [0.4, 0.5) is 0 Å². The van der Waals surface area contributed by atoms with E-state index in [4.69, 9.17) is 0 Å². The van der Waals surface area contributed by atoms with Crippen LogP contribution in [0.25, 0.3) is 5.65 Å². The Morgan fingerprint density at radius 1 is 1.53 bits per heavy atom. The summed E-state index contributed by atoms with van der Waals surface area (Å²) in [5.41, 5.74) is 0.310. The maximum absolute atomic E-state index is 11.6. The minimum Gasteiger partial charge on any atom is -0.545 e. The number of aromatic carboxylic acids is 1. The van der Waals surface area contributed by atoms with Crippen LogP contribution in [0.1, 0.15) is 15.9 Å². The standard InChI is InChI=1S/C10H8N2O3/c1-6-2-3-12-8(4-6)11-5-7(9(12)13)10(14)15/h2-5H,1H3,(H,14,15)/p-1. The summed E-state index contributed by atoms with van der Waals surface area (Å²) in [6, 6.07) is 3.40. The molecule has 15 heavy (non-hydrogen) atoms. The largest absolute Gasteiger partial charge is 0.545 e. The van der Waals surface area contributed by atoms with Crippen LogP contribution < -0.4 is 10.7 Å². The summed E-state index contributed by atoms with van der Waals surface area (Å²) in [5, 5.41) is 10.6. The van der Waals surface area contributed by atoms with Crippen molar-refractivity contribution in [3.05, 3.63) is 46.0 Å². The van der Waals surface area contributed by atoms with Gasteiger partial charge in [-0.05, 0) is 24.6 Å². The smallest absolute Gasteiger partial charge is 0.266 e. The van der Waals surface area contributed by atoms with E-state index in [0.29, 0.717) is 5.65 Å². The number of pyridine rings is 1. The van der Waals surface area contributed by atoms with Gasteiger partial charge in [0.15, 0.2) is 0 Å². The molecule has 0 atom stereocenters. The van der Waals surface area contributed by atoms with Crippen LogP contribution in [0, 0.1) is 6.92 Å². The average Bonchev–Trinajstić information content (AvgIpc) is 2.17. The lowest BCUT2D eigenvalue weighted by Gasteiger charge is -2.04. The van der Waals surface area contributed by atoms with Crippen molar-refractivity contribution in [2.24, 2.45) is 0 Å². The van der Waals surface area contributed by atoms with Gasteiger partial charge < -0.3 is 9.90 Å². The summed E-state index contributed by atoms with van der Waals surface area (Å²) in [6.07, 6.45) is 2.51. The van der Waals surface area contributed by atoms with Crippen molar-refractivity contribution in [2.45, 2.75) is 6.92 Å². The summed E-state index contributed by atoms with van der Waals surface area (Å²) in [4.78, 5) is 26.0. The molecule has 0 N–H and O–H groups in total. The van der Waals surface area contributed by atoms with Gasteiger partial charge in [0.2, 0.25) is 0 Å². The van der Waals surface area contributed by atoms with E-state index < -0.39 is 17.1 Å². The van der Waals surface area contributed by atoms with Gasteiger partial charge in [0.05, 0.1) is 11.5 Å². The van der Waals surface area contributed by atoms with Crippen molar-refractivity contribution in [3.63, 3.8) is 0 Å². The predicted molar refractivity (Wildman–Crippen MR) is 50.5 cm³/mol. The van der Waals surface area contributed by atoms with Gasteiger partial charge >= 0.3 is 0 Å². The lowest BCUT2D eigenvalue weighted by atomic mass is 10.3. The molecule has 0 bridgehead atoms. The predicted octanol–water partition coefficient (Wildman–Crippen LogP) is -0.634. The van der Waals surface area contributed by atoms with Gasteiger partial charge in [-0.25, -0.2) is 4.98 Å². The summed E-state index contributed by atoms with van der Waals surface area (Å²) in [5.74, 6) is -1.51. The second-order valence-electron chi connectivity index (χ2n) is 3.20. The monoisotopic (exact) mass is 203 g/mol. The fourth-order valence-corrected chi connectivity index (χ4v) is 1.32. The van der Waals surface area contributed by atoms with Crippen molar-refractivity contribution in [2.75, 3.05) is 0 Å². The molecule has 0 aliphatic heterocycles. The number of rotatable bonds is 1. The summed E-state index contributed by atoms with van der Waals surface area (Å²) in [6.45, 7) is 1.86. The first-order valence-corrected chi connectivity index (χ1v) is 4.29. The Hall–Kier alpha value is -2.17. The number of carbonyl (C=O) groups excluding carboxylic acids is 1. The van der Waals surface area contributed by atoms with E-state index in [2.05, 4.69) is 4.98 Å². The molecule has 0 amide bonds. The van der Waals surface area contributed by atoms with E-state index in [-0.39, 0.29) is 0 Å². The molecule has 5 heteroatoms. The zero-order chi connectivity index (χ0) is 11.0. The van der Waals surface area contributed by atoms with Crippen LogP contribution in [-0.2, 0) is 0 Å². The van der Waals surface area contributed by atoms with Crippen molar-refractivity contribution in [1.29, 1.82) is 0 Å². The number of carbonyl (C=O) groups is 1. The first-order valence-electron chi connectivity index (χ1n) is 4.29. The highest BCUT2D eigenvalue weighted by Crippen LogP contribution is 2.01. The topological polar surface area (TPSA) is 74.5 Å². The summed E-state index contributed by atoms with van der Waals surface area (Å²) < 4.78 is 1.18. The molecular weight excluding hydrogens is 196 g/mol. The Morgan fingerprint density at radius 2 is 2.27 bits per heavy atom. The summed E-state index contributed by atoms with van der Waals surface area (Å²) in [7, 11) is 0. The summed E-state index contributed by atoms with van der Waals surface area (Å²) >= 11 is 0. The molecule has 0 aliphatic rings. The fraction of sp³-hybridized carbons (Fsp3) is 0.100. The number of nitrogens with zero attached hydrogens (tertiary/aromatic N) is 2. The highest BCUT2D eigenvalue weighted by atomic mass is 16.4. The normalized spacial score (nSPS) is 10.5. The van der Waals surface area contributed by atoms with Crippen molar-refractivity contribution >= 4 is 11.6 Å². The van der Waals surface area contributed by atoms with Crippen LogP contribution in [0.15, 0.2) is 29.3 Å². The fourth-order valence-electron chi connectivity index (χ4n) is 1.32. The molecule has 76 valence electrons. The van der Waals surface area contributed by atoms with Gasteiger partial charge in [0.25, 0.3) is 5.56 Å². The Morgan fingerprint density at radius 3 is 2.93 bits per heavy atom. The number of hydrogen-bond donors (Lipinski definition) is 0. The van der Waals surface area contributed by atoms with E-state index in [1.165, 1.54) is 10.6 Å². The van der Waals surface area contributed by atoms with Crippen LogP contribution >= 0.6 is 0 Å². The Labute approximate surface area is 84.6 Å². The highest BCUT2D eigenvalue weighted by molar-refractivity contribution is 5.85. The van der Waals surface area contributed by atoms with E-state index in [1.807, 2.05) is 6.92 Å². The first kappa shape index (κ1) is 9.39. The molecule has 0 aliphatic carbocycles. The minimum atomic E-state index is -1.51. The zero-order valence-electron chi connectivity index (χ0n) is 7.93. The SMILES string of the molecule is Cc1ccn2c(=O)c(C(=O)[O-])cnc2c1. The van der Waals surface area contributed by atoms with Gasteiger partial charge in [-0.15, -0.1) is 0 Å². The molecule has 0 saturated carbocycles. The lowest BCUT2D eigenvalue weighted by molar-refractivity contribution is -0.255. The maximum atomic E-state index is 11.6. The van der Waals surface area contributed by atoms with Crippen LogP contribution in [0.3, 0.4) is 0 Å². The van der Waals surface area contributed by atoms with Crippen molar-refractivity contribution < 1.29 is 9.90 Å². The number of carboxylic acid groups (broad SMARTS) is 1. The average molecular weight is 203 g/mol. The second-order valence-corrected chi connectivity index (χ2v) is 3.20. The third-order valence-corrected chi connectivity index (χ3v) is 2.09. The number of aromatic nitrogens is 2. The quantitative estimate of drug-likeness (QED) is 0.618. The Kier molecular flexibility index (Phi) is 2.00. The third-order valence-electron chi connectivity index (χ3n) is 2.09. The van der Waals surface area contributed by atoms with E-state index in [0.717, 1.165) is 11.8 Å². The minimum absolute atomic E-state index is 0.421. The van der Waals surface area contributed by atoms with Gasteiger partial charge in [-0.2, -0.15) is 0 Å². The molecule has 0 saturated heterocycles. The molecular formula is C10H7N2O3-. The number of aryl methyl sites for hydroxylation is 1. The van der Waals surface area contributed by atoms with E-state index >= 15 is 0 Å². The molecule has 2 heterocycles. The van der Waals surface area contributed by atoms with E-state index in [1.54, 1.807) is 12.1 Å². The molecule has 0 radical (unpaired) electrons. The maximum Gasteiger partial charge on any atom is 0.266 e. The van der Waals surface area contributed by atoms with Gasteiger partial charge in [0, 0.05) is 12.4 Å². The second kappa shape index (κ2) is 3.20. The number of carboxylic acids is 1. The molecule has 2 aromatic heterocycles. The number of fused-ring (bicyclic) bond motifs is 1. The molecule has 5 nitrogen and oxygen atoms in total. The lowest BCUT2D eigenvalue weighted by Crippen LogP contribution is -2.32. The van der Waals surface area contributed by atoms with Crippen LogP contribution in [0.2, 0.25) is 0 Å². The molecule has 2 aromatic rings. The highest BCUT2D eigenvalue weighted by Gasteiger charge is 2.04. The first-order chi connectivity index (χ1) is 7.09. The van der Waals surface area contributed by atoms with Gasteiger partial charge in [0.1, 0.15) is 5.65 Å². The van der Waals surface area contributed by atoms with Crippen LogP contribution in [0.5, 0.6) is 0 Å². The molecule has 0 fully saturated rings. The zero-order valence-corrected chi connectivity index (χ0v) is 7.93. The molecule has 0 spiro atoms. The van der Waals surface area contributed by atoms with Crippen molar-refractivity contribution in [3.8, 4) is 0 Å². The third kappa shape index (κ3) is 1.48. The van der Waals surface area contributed by atoms with Gasteiger partial charge in [-0.3, -0.25) is 9.20 Å². The van der Waals surface area contributed by atoms with Crippen LogP contribution in [-0.4, -0.2) is 15.4 Å². The Balaban J connectivity index is 2.86. The number of hydrogen-bond acceptors (Lipinski definition) is 4. The molecule has 2 rings (SSSR count). The van der Waals surface area contributed by atoms with Crippen molar-refractivity contribution in [1.82, 2.24) is 9.38 Å².